The largest absolute Gasteiger partial charge is 0.318 e. The second-order valence-electron chi connectivity index (χ2n) is 6.66. The molecule has 0 atom stereocenters. The maximum Gasteiger partial charge on any atom is 0.131 e. The van der Waals surface area contributed by atoms with Crippen molar-refractivity contribution in [2.45, 2.75) is 27.7 Å². The van der Waals surface area contributed by atoms with E-state index in [1.807, 2.05) is 19.9 Å². The molecule has 2 aromatic carbocycles. The van der Waals surface area contributed by atoms with Gasteiger partial charge in [0.05, 0.1) is 11.6 Å². The van der Waals surface area contributed by atoms with E-state index in [4.69, 9.17) is 0 Å². The number of halogens is 1. The van der Waals surface area contributed by atoms with E-state index in [0.717, 1.165) is 22.6 Å². The van der Waals surface area contributed by atoms with Gasteiger partial charge in [0.25, 0.3) is 0 Å². The van der Waals surface area contributed by atoms with Gasteiger partial charge in [-0.1, -0.05) is 24.3 Å². The van der Waals surface area contributed by atoms with Crippen LogP contribution in [0.25, 0.3) is 17.3 Å². The summed E-state index contributed by atoms with van der Waals surface area (Å²) < 4.78 is 16.2. The van der Waals surface area contributed by atoms with Gasteiger partial charge in [-0.2, -0.15) is 5.26 Å². The Kier molecular flexibility index (Phi) is 4.77. The monoisotopic (exact) mass is 344 g/mol. The molecule has 0 spiro atoms. The Labute approximate surface area is 153 Å². The van der Waals surface area contributed by atoms with Crippen LogP contribution >= 0.6 is 0 Å². The van der Waals surface area contributed by atoms with Gasteiger partial charge in [0.15, 0.2) is 0 Å². The molecule has 3 rings (SSSR count). The van der Waals surface area contributed by atoms with Gasteiger partial charge in [-0.25, -0.2) is 4.39 Å². The number of nitriles is 1. The van der Waals surface area contributed by atoms with Crippen LogP contribution in [-0.2, 0) is 0 Å². The minimum Gasteiger partial charge on any atom is -0.318 e. The molecule has 0 radical (unpaired) electrons. The van der Waals surface area contributed by atoms with Gasteiger partial charge < -0.3 is 4.57 Å². The van der Waals surface area contributed by atoms with Gasteiger partial charge in [-0.05, 0) is 74.7 Å². The number of allylic oxidation sites excluding steroid dienone is 1. The van der Waals surface area contributed by atoms with Crippen LogP contribution in [0.15, 0.2) is 48.5 Å². The normalized spacial score (nSPS) is 11.5. The van der Waals surface area contributed by atoms with Crippen molar-refractivity contribution in [1.82, 2.24) is 4.57 Å². The smallest absolute Gasteiger partial charge is 0.131 e. The number of aryl methyl sites for hydroxylation is 3. The first-order valence-corrected chi connectivity index (χ1v) is 8.55. The van der Waals surface area contributed by atoms with E-state index in [1.54, 1.807) is 24.3 Å². The lowest BCUT2D eigenvalue weighted by molar-refractivity contribution is 0.624. The summed E-state index contributed by atoms with van der Waals surface area (Å²) in [5.41, 5.74) is 7.17. The Morgan fingerprint density at radius 3 is 2.27 bits per heavy atom. The van der Waals surface area contributed by atoms with Crippen molar-refractivity contribution >= 4 is 11.6 Å². The Balaban J connectivity index is 2.14. The van der Waals surface area contributed by atoms with Crippen LogP contribution in [0.1, 0.15) is 33.6 Å². The standard InChI is InChI=1S/C23H21FN2/c1-15-9-16(2)11-21(10-15)26-17(3)12-19(18(26)4)13-20(14-25)22-7-5-6-8-23(22)24/h5-13H,1-4H3/b20-13-. The molecule has 0 unspecified atom stereocenters. The number of aromatic nitrogens is 1. The minimum absolute atomic E-state index is 0.323. The quantitative estimate of drug-likeness (QED) is 0.543. The van der Waals surface area contributed by atoms with Crippen LogP contribution in [0, 0.1) is 44.8 Å². The van der Waals surface area contributed by atoms with E-state index in [2.05, 4.69) is 42.7 Å². The van der Waals surface area contributed by atoms with E-state index in [9.17, 15) is 9.65 Å². The molecule has 0 aliphatic rings. The summed E-state index contributed by atoms with van der Waals surface area (Å²) in [6.07, 6.45) is 1.76. The van der Waals surface area contributed by atoms with Crippen LogP contribution in [-0.4, -0.2) is 4.57 Å². The van der Waals surface area contributed by atoms with E-state index >= 15 is 0 Å². The summed E-state index contributed by atoms with van der Waals surface area (Å²) in [5.74, 6) is -0.386. The number of benzene rings is 2. The highest BCUT2D eigenvalue weighted by atomic mass is 19.1. The number of rotatable bonds is 3. The molecule has 0 N–H and O–H groups in total. The van der Waals surface area contributed by atoms with Crippen LogP contribution in [0.2, 0.25) is 0 Å². The zero-order valence-corrected chi connectivity index (χ0v) is 15.5. The Morgan fingerprint density at radius 2 is 1.65 bits per heavy atom. The summed E-state index contributed by atoms with van der Waals surface area (Å²) in [6, 6.07) is 17.0. The lowest BCUT2D eigenvalue weighted by atomic mass is 10.0. The number of hydrogen-bond acceptors (Lipinski definition) is 1. The predicted molar refractivity (Wildman–Crippen MR) is 105 cm³/mol. The molecule has 0 aliphatic carbocycles. The van der Waals surface area contributed by atoms with Crippen molar-refractivity contribution in [2.24, 2.45) is 0 Å². The molecule has 1 heterocycles. The van der Waals surface area contributed by atoms with Crippen LogP contribution in [0.4, 0.5) is 4.39 Å². The zero-order chi connectivity index (χ0) is 18.8. The van der Waals surface area contributed by atoms with E-state index in [0.29, 0.717) is 11.1 Å². The average molecular weight is 344 g/mol. The molecule has 0 fully saturated rings. The maximum atomic E-state index is 14.1. The summed E-state index contributed by atoms with van der Waals surface area (Å²) >= 11 is 0. The topological polar surface area (TPSA) is 28.7 Å². The van der Waals surface area contributed by atoms with Crippen LogP contribution in [0.5, 0.6) is 0 Å². The molecule has 0 saturated carbocycles. The number of hydrogen-bond donors (Lipinski definition) is 0. The van der Waals surface area contributed by atoms with Crippen molar-refractivity contribution in [1.29, 1.82) is 5.26 Å². The predicted octanol–water partition coefficient (Wildman–Crippen LogP) is 5.91. The third kappa shape index (κ3) is 3.32. The molecule has 0 saturated heterocycles. The number of nitrogens with zero attached hydrogens (tertiary/aromatic N) is 2. The zero-order valence-electron chi connectivity index (χ0n) is 15.5. The third-order valence-electron chi connectivity index (χ3n) is 4.52. The molecule has 3 aromatic rings. The van der Waals surface area contributed by atoms with Gasteiger partial charge >= 0.3 is 0 Å². The molecular weight excluding hydrogens is 323 g/mol. The van der Waals surface area contributed by atoms with Gasteiger partial charge in [0.2, 0.25) is 0 Å². The van der Waals surface area contributed by atoms with Crippen molar-refractivity contribution < 1.29 is 4.39 Å². The molecule has 2 nitrogen and oxygen atoms in total. The first-order chi connectivity index (χ1) is 12.4. The molecule has 3 heteroatoms. The van der Waals surface area contributed by atoms with Crippen molar-refractivity contribution in [2.75, 3.05) is 0 Å². The van der Waals surface area contributed by atoms with Crippen LogP contribution < -0.4 is 0 Å². The van der Waals surface area contributed by atoms with Crippen LogP contribution in [0.3, 0.4) is 0 Å². The molecule has 0 bridgehead atoms. The minimum atomic E-state index is -0.386. The molecular formula is C23H21FN2. The summed E-state index contributed by atoms with van der Waals surface area (Å²) in [4.78, 5) is 0. The summed E-state index contributed by atoms with van der Waals surface area (Å²) in [5, 5.41) is 9.53. The van der Waals surface area contributed by atoms with Crippen molar-refractivity contribution in [3.05, 3.63) is 88.0 Å². The second-order valence-corrected chi connectivity index (χ2v) is 6.66. The second kappa shape index (κ2) is 7.01. The van der Waals surface area contributed by atoms with Gasteiger partial charge in [-0.15, -0.1) is 0 Å². The lowest BCUT2D eigenvalue weighted by Crippen LogP contribution is -2.00. The Morgan fingerprint density at radius 1 is 1.00 bits per heavy atom. The first kappa shape index (κ1) is 17.7. The molecule has 1 aromatic heterocycles. The van der Waals surface area contributed by atoms with Gasteiger partial charge in [0.1, 0.15) is 5.82 Å². The van der Waals surface area contributed by atoms with E-state index in [-0.39, 0.29) is 5.82 Å². The Bertz CT molecular complexity index is 1030. The molecule has 0 aliphatic heterocycles. The fourth-order valence-electron chi connectivity index (χ4n) is 3.42. The van der Waals surface area contributed by atoms with Gasteiger partial charge in [0, 0.05) is 22.6 Å². The summed E-state index contributed by atoms with van der Waals surface area (Å²) in [6.45, 7) is 8.22. The third-order valence-corrected chi connectivity index (χ3v) is 4.52. The Hall–Kier alpha value is -3.12. The molecule has 26 heavy (non-hydrogen) atoms. The highest BCUT2D eigenvalue weighted by Gasteiger charge is 2.13. The fraction of sp³-hybridized carbons (Fsp3) is 0.174. The van der Waals surface area contributed by atoms with E-state index < -0.39 is 0 Å². The highest BCUT2D eigenvalue weighted by molar-refractivity contribution is 5.90. The van der Waals surface area contributed by atoms with Crippen molar-refractivity contribution in [3.63, 3.8) is 0 Å². The van der Waals surface area contributed by atoms with Gasteiger partial charge in [-0.3, -0.25) is 0 Å². The first-order valence-electron chi connectivity index (χ1n) is 8.55. The van der Waals surface area contributed by atoms with Crippen molar-refractivity contribution in [3.8, 4) is 11.8 Å². The fourth-order valence-corrected chi connectivity index (χ4v) is 3.42. The highest BCUT2D eigenvalue weighted by Crippen LogP contribution is 2.27. The molecule has 0 amide bonds. The van der Waals surface area contributed by atoms with E-state index in [1.165, 1.54) is 17.2 Å². The molecule has 130 valence electrons. The average Bonchev–Trinajstić information content (AvgIpc) is 2.86. The lowest BCUT2D eigenvalue weighted by Gasteiger charge is -2.12. The maximum absolute atomic E-state index is 14.1. The SMILES string of the molecule is Cc1cc(C)cc(-n2c(C)cc(/C=C(/C#N)c3ccccc3F)c2C)c1. The summed E-state index contributed by atoms with van der Waals surface area (Å²) in [7, 11) is 0.